The molecule has 0 saturated heterocycles. The predicted octanol–water partition coefficient (Wildman–Crippen LogP) is 3.34. The van der Waals surface area contributed by atoms with E-state index >= 15 is 0 Å². The van der Waals surface area contributed by atoms with Gasteiger partial charge in [0.05, 0.1) is 5.56 Å². The standard InChI is InChI=1S/C13H13BrClNO2/c14-12-7-8(15)1-6-11(12)13(18)16-9-2-4-10(17)5-3-9/h1,6-7,9H,2-5H2,(H,16,18). The molecule has 3 nitrogen and oxygen atoms in total. The summed E-state index contributed by atoms with van der Waals surface area (Å²) >= 11 is 9.15. The molecule has 0 heterocycles. The first-order chi connectivity index (χ1) is 8.56. The molecular formula is C13H13BrClNO2. The molecule has 0 spiro atoms. The van der Waals surface area contributed by atoms with Crippen LogP contribution in [0, 0.1) is 0 Å². The van der Waals surface area contributed by atoms with Crippen LogP contribution in [-0.4, -0.2) is 17.7 Å². The molecule has 1 fully saturated rings. The number of rotatable bonds is 2. The Kier molecular flexibility index (Phi) is 4.40. The summed E-state index contributed by atoms with van der Waals surface area (Å²) in [5.74, 6) is 0.158. The molecule has 5 heteroatoms. The maximum absolute atomic E-state index is 12.1. The summed E-state index contributed by atoms with van der Waals surface area (Å²) in [5, 5.41) is 3.54. The summed E-state index contributed by atoms with van der Waals surface area (Å²) in [4.78, 5) is 23.2. The second-order valence-electron chi connectivity index (χ2n) is 4.41. The number of Topliss-reactive ketones (excluding diaryl/α,β-unsaturated/α-hetero) is 1. The van der Waals surface area contributed by atoms with E-state index in [1.54, 1.807) is 18.2 Å². The Hall–Kier alpha value is -0.870. The van der Waals surface area contributed by atoms with Gasteiger partial charge in [-0.1, -0.05) is 11.6 Å². The third-order valence-electron chi connectivity index (χ3n) is 3.05. The summed E-state index contributed by atoms with van der Waals surface area (Å²) in [6.07, 6.45) is 2.59. The van der Waals surface area contributed by atoms with E-state index in [2.05, 4.69) is 21.2 Å². The molecule has 1 aliphatic rings. The van der Waals surface area contributed by atoms with Gasteiger partial charge in [-0.25, -0.2) is 0 Å². The number of carbonyl (C=O) groups is 2. The Balaban J connectivity index is 2.01. The average molecular weight is 331 g/mol. The van der Waals surface area contributed by atoms with Crippen molar-refractivity contribution < 1.29 is 9.59 Å². The van der Waals surface area contributed by atoms with Crippen molar-refractivity contribution in [3.63, 3.8) is 0 Å². The van der Waals surface area contributed by atoms with E-state index in [9.17, 15) is 9.59 Å². The van der Waals surface area contributed by atoms with Crippen molar-refractivity contribution in [1.82, 2.24) is 5.32 Å². The lowest BCUT2D eigenvalue weighted by atomic mass is 9.94. The quantitative estimate of drug-likeness (QED) is 0.904. The molecule has 0 bridgehead atoms. The van der Waals surface area contributed by atoms with Gasteiger partial charge >= 0.3 is 0 Å². The van der Waals surface area contributed by atoms with Crippen LogP contribution in [0.3, 0.4) is 0 Å². The fraction of sp³-hybridized carbons (Fsp3) is 0.385. The van der Waals surface area contributed by atoms with Gasteiger partial charge < -0.3 is 5.32 Å². The van der Waals surface area contributed by atoms with Crippen LogP contribution in [0.5, 0.6) is 0 Å². The fourth-order valence-electron chi connectivity index (χ4n) is 2.02. The van der Waals surface area contributed by atoms with Gasteiger partial charge in [-0.15, -0.1) is 0 Å². The van der Waals surface area contributed by atoms with Crippen molar-refractivity contribution in [1.29, 1.82) is 0 Å². The zero-order valence-electron chi connectivity index (χ0n) is 9.71. The first-order valence-corrected chi connectivity index (χ1v) is 7.01. The van der Waals surface area contributed by atoms with Gasteiger partial charge in [0.15, 0.2) is 0 Å². The highest BCUT2D eigenvalue weighted by Crippen LogP contribution is 2.22. The van der Waals surface area contributed by atoms with Crippen molar-refractivity contribution in [3.05, 3.63) is 33.3 Å². The zero-order valence-corrected chi connectivity index (χ0v) is 12.1. The van der Waals surface area contributed by atoms with E-state index in [-0.39, 0.29) is 17.7 Å². The molecule has 18 heavy (non-hydrogen) atoms. The third kappa shape index (κ3) is 3.33. The van der Waals surface area contributed by atoms with Gasteiger partial charge in [0, 0.05) is 28.4 Å². The van der Waals surface area contributed by atoms with Gasteiger partial charge in [0.1, 0.15) is 5.78 Å². The molecule has 2 rings (SSSR count). The molecule has 1 N–H and O–H groups in total. The number of hydrogen-bond acceptors (Lipinski definition) is 2. The molecule has 0 atom stereocenters. The topological polar surface area (TPSA) is 46.2 Å². The summed E-state index contributed by atoms with van der Waals surface area (Å²) in [6.45, 7) is 0. The number of carbonyl (C=O) groups excluding carboxylic acids is 2. The smallest absolute Gasteiger partial charge is 0.252 e. The van der Waals surface area contributed by atoms with E-state index < -0.39 is 0 Å². The van der Waals surface area contributed by atoms with Crippen LogP contribution in [0.1, 0.15) is 36.0 Å². The van der Waals surface area contributed by atoms with Gasteiger partial charge in [-0.2, -0.15) is 0 Å². The van der Waals surface area contributed by atoms with E-state index in [0.717, 1.165) is 12.8 Å². The van der Waals surface area contributed by atoms with Crippen LogP contribution >= 0.6 is 27.5 Å². The van der Waals surface area contributed by atoms with Crippen LogP contribution in [0.2, 0.25) is 5.02 Å². The van der Waals surface area contributed by atoms with Gasteiger partial charge in [-0.05, 0) is 47.0 Å². The Labute approximate surface area is 119 Å². The van der Waals surface area contributed by atoms with E-state index in [0.29, 0.717) is 27.9 Å². The number of amides is 1. The minimum Gasteiger partial charge on any atom is -0.349 e. The summed E-state index contributed by atoms with van der Waals surface area (Å²) in [6, 6.07) is 5.17. The Morgan fingerprint density at radius 2 is 2.00 bits per heavy atom. The van der Waals surface area contributed by atoms with Crippen LogP contribution in [-0.2, 0) is 4.79 Å². The van der Waals surface area contributed by atoms with Crippen LogP contribution in [0.4, 0.5) is 0 Å². The first-order valence-electron chi connectivity index (χ1n) is 5.84. The molecule has 0 aromatic heterocycles. The molecule has 96 valence electrons. The summed E-state index contributed by atoms with van der Waals surface area (Å²) in [5.41, 5.74) is 0.566. The second-order valence-corrected chi connectivity index (χ2v) is 5.70. The van der Waals surface area contributed by atoms with Gasteiger partial charge in [-0.3, -0.25) is 9.59 Å². The summed E-state index contributed by atoms with van der Waals surface area (Å²) in [7, 11) is 0. The number of hydrogen-bond donors (Lipinski definition) is 1. The molecular weight excluding hydrogens is 318 g/mol. The number of ketones is 1. The molecule has 0 unspecified atom stereocenters. The highest BCUT2D eigenvalue weighted by molar-refractivity contribution is 9.10. The zero-order chi connectivity index (χ0) is 13.1. The van der Waals surface area contributed by atoms with Crippen LogP contribution < -0.4 is 5.32 Å². The van der Waals surface area contributed by atoms with E-state index in [1.165, 1.54) is 0 Å². The van der Waals surface area contributed by atoms with E-state index in [4.69, 9.17) is 11.6 Å². The number of halogens is 2. The maximum Gasteiger partial charge on any atom is 0.252 e. The molecule has 1 aliphatic carbocycles. The monoisotopic (exact) mass is 329 g/mol. The number of nitrogens with one attached hydrogen (secondary N) is 1. The Bertz CT molecular complexity index is 480. The second kappa shape index (κ2) is 5.85. The maximum atomic E-state index is 12.1. The molecule has 1 amide bonds. The minimum absolute atomic E-state index is 0.0952. The van der Waals surface area contributed by atoms with E-state index in [1.807, 2.05) is 0 Å². The lowest BCUT2D eigenvalue weighted by Crippen LogP contribution is -2.37. The van der Waals surface area contributed by atoms with Crippen molar-refractivity contribution >= 4 is 39.2 Å². The van der Waals surface area contributed by atoms with Gasteiger partial charge in [0.2, 0.25) is 0 Å². The number of benzene rings is 1. The van der Waals surface area contributed by atoms with Crippen molar-refractivity contribution in [2.45, 2.75) is 31.7 Å². The fourth-order valence-corrected chi connectivity index (χ4v) is 2.88. The minimum atomic E-state index is -0.127. The molecule has 0 aliphatic heterocycles. The molecule has 0 radical (unpaired) electrons. The van der Waals surface area contributed by atoms with Crippen LogP contribution in [0.15, 0.2) is 22.7 Å². The summed E-state index contributed by atoms with van der Waals surface area (Å²) < 4.78 is 0.680. The predicted molar refractivity (Wildman–Crippen MR) is 73.9 cm³/mol. The van der Waals surface area contributed by atoms with Crippen molar-refractivity contribution in [2.24, 2.45) is 0 Å². The SMILES string of the molecule is O=C1CCC(NC(=O)c2ccc(Cl)cc2Br)CC1. The normalized spacial score (nSPS) is 16.7. The molecule has 1 aromatic rings. The van der Waals surface area contributed by atoms with Crippen molar-refractivity contribution in [2.75, 3.05) is 0 Å². The highest BCUT2D eigenvalue weighted by atomic mass is 79.9. The first kappa shape index (κ1) is 13.6. The lowest BCUT2D eigenvalue weighted by molar-refractivity contribution is -0.120. The average Bonchev–Trinajstić information content (AvgIpc) is 2.32. The largest absolute Gasteiger partial charge is 0.349 e. The lowest BCUT2D eigenvalue weighted by Gasteiger charge is -2.22. The highest BCUT2D eigenvalue weighted by Gasteiger charge is 2.21. The van der Waals surface area contributed by atoms with Crippen LogP contribution in [0.25, 0.3) is 0 Å². The van der Waals surface area contributed by atoms with Gasteiger partial charge in [0.25, 0.3) is 5.91 Å². The Morgan fingerprint density at radius 1 is 1.33 bits per heavy atom. The molecule has 1 saturated carbocycles. The Morgan fingerprint density at radius 3 is 2.61 bits per heavy atom. The van der Waals surface area contributed by atoms with Crippen molar-refractivity contribution in [3.8, 4) is 0 Å². The molecule has 1 aromatic carbocycles. The third-order valence-corrected chi connectivity index (χ3v) is 3.95.